The molecule has 0 spiro atoms. The molecule has 0 radical (unpaired) electrons. The Morgan fingerprint density at radius 3 is 2.74 bits per heavy atom. The molecule has 1 N–H and O–H groups in total. The summed E-state index contributed by atoms with van der Waals surface area (Å²) >= 11 is 0. The second kappa shape index (κ2) is 6.07. The maximum Gasteiger partial charge on any atom is 0.127 e. The summed E-state index contributed by atoms with van der Waals surface area (Å²) in [4.78, 5) is 0. The van der Waals surface area contributed by atoms with Crippen LogP contribution in [-0.4, -0.2) is 19.2 Å². The van der Waals surface area contributed by atoms with Gasteiger partial charge in [0.15, 0.2) is 0 Å². The van der Waals surface area contributed by atoms with E-state index in [9.17, 15) is 0 Å². The molecule has 0 bridgehead atoms. The Bertz CT molecular complexity index is 528. The van der Waals surface area contributed by atoms with Gasteiger partial charge in [-0.25, -0.2) is 0 Å². The highest BCUT2D eigenvalue weighted by atomic mass is 16.5. The van der Waals surface area contributed by atoms with Crippen molar-refractivity contribution < 1.29 is 4.74 Å². The summed E-state index contributed by atoms with van der Waals surface area (Å²) in [6.07, 6.45) is 5.04. The first-order chi connectivity index (χ1) is 9.43. The standard InChI is InChI=1S/C17H21NO/c1-2-8-16-14(6-1)7-5-9-17(16)19-13-4-3-12-18-15-10-11-15/h1-2,5-9,15,18H,3-4,10-13H2. The molecular weight excluding hydrogens is 234 g/mol. The SMILES string of the molecule is c1ccc2c(OCCCCNC3CC3)cccc2c1. The molecule has 3 rings (SSSR count). The van der Waals surface area contributed by atoms with Gasteiger partial charge in [-0.15, -0.1) is 0 Å². The normalized spacial score (nSPS) is 14.7. The second-order valence-electron chi connectivity index (χ2n) is 5.26. The molecule has 0 heterocycles. The van der Waals surface area contributed by atoms with E-state index in [4.69, 9.17) is 4.74 Å². The molecule has 1 saturated carbocycles. The number of ether oxygens (including phenoxy) is 1. The van der Waals surface area contributed by atoms with E-state index in [0.29, 0.717) is 0 Å². The lowest BCUT2D eigenvalue weighted by molar-refractivity contribution is 0.309. The van der Waals surface area contributed by atoms with Crippen molar-refractivity contribution >= 4 is 10.8 Å². The average Bonchev–Trinajstić information content (AvgIpc) is 3.27. The molecule has 1 aliphatic rings. The van der Waals surface area contributed by atoms with Gasteiger partial charge >= 0.3 is 0 Å². The Labute approximate surface area is 114 Å². The molecule has 0 unspecified atom stereocenters. The molecule has 0 amide bonds. The monoisotopic (exact) mass is 255 g/mol. The van der Waals surface area contributed by atoms with Crippen LogP contribution >= 0.6 is 0 Å². The molecule has 0 atom stereocenters. The van der Waals surface area contributed by atoms with E-state index in [2.05, 4.69) is 47.8 Å². The molecule has 0 aromatic heterocycles. The fourth-order valence-corrected chi connectivity index (χ4v) is 2.32. The van der Waals surface area contributed by atoms with Crippen LogP contribution in [-0.2, 0) is 0 Å². The van der Waals surface area contributed by atoms with Crippen LogP contribution in [0.15, 0.2) is 42.5 Å². The van der Waals surface area contributed by atoms with E-state index in [0.717, 1.165) is 31.4 Å². The third-order valence-corrected chi connectivity index (χ3v) is 3.59. The topological polar surface area (TPSA) is 21.3 Å². The number of fused-ring (bicyclic) bond motifs is 1. The van der Waals surface area contributed by atoms with Crippen molar-refractivity contribution in [3.63, 3.8) is 0 Å². The molecule has 2 heteroatoms. The predicted molar refractivity (Wildman–Crippen MR) is 79.7 cm³/mol. The number of unbranched alkanes of at least 4 members (excludes halogenated alkanes) is 1. The lowest BCUT2D eigenvalue weighted by Crippen LogP contribution is -2.17. The lowest BCUT2D eigenvalue weighted by Gasteiger charge is -2.09. The quantitative estimate of drug-likeness (QED) is 0.761. The Morgan fingerprint density at radius 2 is 1.84 bits per heavy atom. The minimum atomic E-state index is 0.806. The Morgan fingerprint density at radius 1 is 1.00 bits per heavy atom. The van der Waals surface area contributed by atoms with Gasteiger partial charge in [-0.1, -0.05) is 36.4 Å². The molecule has 0 saturated heterocycles. The van der Waals surface area contributed by atoms with E-state index in [1.165, 1.54) is 30.0 Å². The zero-order valence-electron chi connectivity index (χ0n) is 11.3. The van der Waals surface area contributed by atoms with Crippen LogP contribution in [0.25, 0.3) is 10.8 Å². The van der Waals surface area contributed by atoms with Crippen LogP contribution in [0, 0.1) is 0 Å². The van der Waals surface area contributed by atoms with Gasteiger partial charge in [0, 0.05) is 11.4 Å². The lowest BCUT2D eigenvalue weighted by atomic mass is 10.1. The fraction of sp³-hybridized carbons (Fsp3) is 0.412. The van der Waals surface area contributed by atoms with Crippen LogP contribution in [0.5, 0.6) is 5.75 Å². The number of benzene rings is 2. The van der Waals surface area contributed by atoms with Crippen molar-refractivity contribution in [2.24, 2.45) is 0 Å². The first-order valence-electron chi connectivity index (χ1n) is 7.27. The van der Waals surface area contributed by atoms with E-state index in [1.54, 1.807) is 0 Å². The maximum absolute atomic E-state index is 5.91. The van der Waals surface area contributed by atoms with E-state index >= 15 is 0 Å². The second-order valence-corrected chi connectivity index (χ2v) is 5.26. The summed E-state index contributed by atoms with van der Waals surface area (Å²) in [5.41, 5.74) is 0. The van der Waals surface area contributed by atoms with Crippen molar-refractivity contribution in [3.05, 3.63) is 42.5 Å². The molecule has 0 aliphatic heterocycles. The van der Waals surface area contributed by atoms with Gasteiger partial charge in [-0.05, 0) is 43.7 Å². The van der Waals surface area contributed by atoms with Gasteiger partial charge in [0.25, 0.3) is 0 Å². The van der Waals surface area contributed by atoms with Crippen molar-refractivity contribution in [1.82, 2.24) is 5.32 Å². The van der Waals surface area contributed by atoms with Crippen LogP contribution in [0.1, 0.15) is 25.7 Å². The predicted octanol–water partition coefficient (Wildman–Crippen LogP) is 3.75. The van der Waals surface area contributed by atoms with Gasteiger partial charge in [0.1, 0.15) is 5.75 Å². The van der Waals surface area contributed by atoms with E-state index < -0.39 is 0 Å². The minimum absolute atomic E-state index is 0.806. The molecule has 2 aromatic carbocycles. The van der Waals surface area contributed by atoms with Crippen molar-refractivity contribution in [3.8, 4) is 5.75 Å². The Kier molecular flexibility index (Phi) is 3.99. The molecule has 100 valence electrons. The van der Waals surface area contributed by atoms with Gasteiger partial charge < -0.3 is 10.1 Å². The van der Waals surface area contributed by atoms with E-state index in [-0.39, 0.29) is 0 Å². The summed E-state index contributed by atoms with van der Waals surface area (Å²) in [5.74, 6) is 1.01. The summed E-state index contributed by atoms with van der Waals surface area (Å²) < 4.78 is 5.91. The summed E-state index contributed by atoms with van der Waals surface area (Å²) in [5, 5.41) is 5.98. The highest BCUT2D eigenvalue weighted by molar-refractivity contribution is 5.88. The van der Waals surface area contributed by atoms with Gasteiger partial charge in [0.2, 0.25) is 0 Å². The highest BCUT2D eigenvalue weighted by Crippen LogP contribution is 2.25. The molecule has 2 nitrogen and oxygen atoms in total. The van der Waals surface area contributed by atoms with Crippen molar-refractivity contribution in [2.45, 2.75) is 31.7 Å². The first-order valence-corrected chi connectivity index (χ1v) is 7.27. The van der Waals surface area contributed by atoms with Crippen LogP contribution in [0.4, 0.5) is 0 Å². The smallest absolute Gasteiger partial charge is 0.127 e. The number of hydrogen-bond acceptors (Lipinski definition) is 2. The highest BCUT2D eigenvalue weighted by Gasteiger charge is 2.19. The summed E-state index contributed by atoms with van der Waals surface area (Å²) in [7, 11) is 0. The zero-order valence-corrected chi connectivity index (χ0v) is 11.3. The van der Waals surface area contributed by atoms with Crippen LogP contribution in [0.3, 0.4) is 0 Å². The van der Waals surface area contributed by atoms with Gasteiger partial charge in [0.05, 0.1) is 6.61 Å². The summed E-state index contributed by atoms with van der Waals surface area (Å²) in [6, 6.07) is 15.4. The Hall–Kier alpha value is -1.54. The van der Waals surface area contributed by atoms with E-state index in [1.807, 2.05) is 0 Å². The average molecular weight is 255 g/mol. The molecule has 2 aromatic rings. The molecule has 19 heavy (non-hydrogen) atoms. The van der Waals surface area contributed by atoms with Crippen molar-refractivity contribution in [1.29, 1.82) is 0 Å². The molecule has 1 aliphatic carbocycles. The van der Waals surface area contributed by atoms with Crippen LogP contribution in [0.2, 0.25) is 0 Å². The minimum Gasteiger partial charge on any atom is -0.493 e. The third-order valence-electron chi connectivity index (χ3n) is 3.59. The molecule has 1 fully saturated rings. The number of rotatable bonds is 7. The zero-order chi connectivity index (χ0) is 12.9. The maximum atomic E-state index is 5.91. The van der Waals surface area contributed by atoms with Gasteiger partial charge in [-0.2, -0.15) is 0 Å². The van der Waals surface area contributed by atoms with Gasteiger partial charge in [-0.3, -0.25) is 0 Å². The summed E-state index contributed by atoms with van der Waals surface area (Å²) in [6.45, 7) is 1.93. The molecular formula is C17H21NO. The third kappa shape index (κ3) is 3.48. The van der Waals surface area contributed by atoms with Crippen LogP contribution < -0.4 is 10.1 Å². The fourth-order valence-electron chi connectivity index (χ4n) is 2.32. The number of nitrogens with one attached hydrogen (secondary N) is 1. The largest absolute Gasteiger partial charge is 0.493 e. The van der Waals surface area contributed by atoms with Crippen molar-refractivity contribution in [2.75, 3.05) is 13.2 Å². The number of hydrogen-bond donors (Lipinski definition) is 1. The first kappa shape index (κ1) is 12.5. The Balaban J connectivity index is 1.47.